The first-order chi connectivity index (χ1) is 7.72. The highest BCUT2D eigenvalue weighted by molar-refractivity contribution is 5.10. The van der Waals surface area contributed by atoms with Gasteiger partial charge in [0.1, 0.15) is 0 Å². The summed E-state index contributed by atoms with van der Waals surface area (Å²) in [5.41, 5.74) is 1.25. The van der Waals surface area contributed by atoms with Gasteiger partial charge in [-0.05, 0) is 26.2 Å². The molecule has 0 amide bonds. The van der Waals surface area contributed by atoms with Crippen LogP contribution in [0.15, 0.2) is 12.4 Å². The summed E-state index contributed by atoms with van der Waals surface area (Å²) in [5, 5.41) is 7.87. The Bertz CT molecular complexity index is 376. The van der Waals surface area contributed by atoms with Gasteiger partial charge in [0.25, 0.3) is 0 Å². The molecule has 1 aromatic heterocycles. The molecule has 2 fully saturated rings. The number of nitrogens with one attached hydrogen (secondary N) is 1. The molecule has 2 saturated heterocycles. The Morgan fingerprint density at radius 1 is 1.56 bits per heavy atom. The molecule has 0 saturated carbocycles. The van der Waals surface area contributed by atoms with Crippen molar-refractivity contribution in [1.29, 1.82) is 0 Å². The molecule has 16 heavy (non-hydrogen) atoms. The van der Waals surface area contributed by atoms with E-state index in [0.29, 0.717) is 24.3 Å². The summed E-state index contributed by atoms with van der Waals surface area (Å²) in [6.07, 6.45) is 8.63. The van der Waals surface area contributed by atoms with Crippen molar-refractivity contribution in [1.82, 2.24) is 15.1 Å². The molecule has 3 rings (SSSR count). The molecule has 1 N–H and O–H groups in total. The minimum atomic E-state index is 0.363. The number of hydrogen-bond acceptors (Lipinski definition) is 3. The van der Waals surface area contributed by atoms with Crippen LogP contribution in [0.1, 0.15) is 37.8 Å². The van der Waals surface area contributed by atoms with Gasteiger partial charge in [-0.2, -0.15) is 5.10 Å². The topological polar surface area (TPSA) is 39.1 Å². The van der Waals surface area contributed by atoms with Crippen LogP contribution in [0.5, 0.6) is 0 Å². The zero-order chi connectivity index (χ0) is 11.1. The maximum atomic E-state index is 5.84. The zero-order valence-corrected chi connectivity index (χ0v) is 9.89. The Hall–Kier alpha value is -0.870. The lowest BCUT2D eigenvalue weighted by molar-refractivity contribution is 0.0962. The molecule has 2 bridgehead atoms. The van der Waals surface area contributed by atoms with E-state index in [0.717, 1.165) is 0 Å². The van der Waals surface area contributed by atoms with E-state index < -0.39 is 0 Å². The summed E-state index contributed by atoms with van der Waals surface area (Å²) in [6.45, 7) is 2.20. The molecule has 1 aromatic rings. The molecule has 0 aromatic carbocycles. The Labute approximate surface area is 96.0 Å². The van der Waals surface area contributed by atoms with E-state index in [1.54, 1.807) is 0 Å². The van der Waals surface area contributed by atoms with E-state index >= 15 is 0 Å². The first-order valence-electron chi connectivity index (χ1n) is 6.12. The third kappa shape index (κ3) is 1.76. The maximum Gasteiger partial charge on any atom is 0.0733 e. The highest BCUT2D eigenvalue weighted by Gasteiger charge is 2.41. The number of nitrogens with zero attached hydrogens (tertiary/aromatic N) is 2. The van der Waals surface area contributed by atoms with E-state index in [2.05, 4.69) is 23.5 Å². The smallest absolute Gasteiger partial charge is 0.0733 e. The summed E-state index contributed by atoms with van der Waals surface area (Å²) in [5.74, 6) is 0. The van der Waals surface area contributed by atoms with Crippen LogP contribution < -0.4 is 5.32 Å². The van der Waals surface area contributed by atoms with Crippen LogP contribution in [-0.2, 0) is 11.8 Å². The molecule has 4 heteroatoms. The van der Waals surface area contributed by atoms with Crippen molar-refractivity contribution in [2.24, 2.45) is 7.05 Å². The molecule has 88 valence electrons. The lowest BCUT2D eigenvalue weighted by Crippen LogP contribution is -2.38. The Balaban J connectivity index is 1.62. The molecular weight excluding hydrogens is 202 g/mol. The highest BCUT2D eigenvalue weighted by atomic mass is 16.5. The number of rotatable bonds is 3. The second kappa shape index (κ2) is 3.86. The second-order valence-electron chi connectivity index (χ2n) is 5.05. The lowest BCUT2D eigenvalue weighted by atomic mass is 9.94. The molecule has 0 spiro atoms. The fourth-order valence-electron chi connectivity index (χ4n) is 2.89. The minimum absolute atomic E-state index is 0.363. The zero-order valence-electron chi connectivity index (χ0n) is 9.89. The van der Waals surface area contributed by atoms with Crippen molar-refractivity contribution in [2.75, 3.05) is 0 Å². The van der Waals surface area contributed by atoms with Crippen LogP contribution in [0.4, 0.5) is 0 Å². The third-order valence-electron chi connectivity index (χ3n) is 3.79. The van der Waals surface area contributed by atoms with Gasteiger partial charge in [0.2, 0.25) is 0 Å². The Morgan fingerprint density at radius 2 is 2.44 bits per heavy atom. The molecule has 0 radical (unpaired) electrons. The summed E-state index contributed by atoms with van der Waals surface area (Å²) in [7, 11) is 1.96. The van der Waals surface area contributed by atoms with Crippen LogP contribution in [0.3, 0.4) is 0 Å². The second-order valence-corrected chi connectivity index (χ2v) is 5.05. The van der Waals surface area contributed by atoms with Gasteiger partial charge < -0.3 is 10.1 Å². The highest BCUT2D eigenvalue weighted by Crippen LogP contribution is 2.35. The quantitative estimate of drug-likeness (QED) is 0.838. The average molecular weight is 221 g/mol. The number of aryl methyl sites for hydroxylation is 1. The van der Waals surface area contributed by atoms with Crippen molar-refractivity contribution < 1.29 is 4.74 Å². The minimum Gasteiger partial charge on any atom is -0.373 e. The molecule has 3 heterocycles. The summed E-state index contributed by atoms with van der Waals surface area (Å²) in [6, 6.07) is 0.899. The molecule has 2 aliphatic rings. The molecular formula is C12H19N3O. The van der Waals surface area contributed by atoms with Crippen LogP contribution in [-0.4, -0.2) is 28.0 Å². The van der Waals surface area contributed by atoms with Crippen LogP contribution in [0, 0.1) is 0 Å². The Morgan fingerprint density at radius 3 is 3.00 bits per heavy atom. The van der Waals surface area contributed by atoms with Crippen molar-refractivity contribution >= 4 is 0 Å². The average Bonchev–Trinajstić information content (AvgIpc) is 2.92. The van der Waals surface area contributed by atoms with Gasteiger partial charge in [0, 0.05) is 30.9 Å². The lowest BCUT2D eigenvalue weighted by Gasteiger charge is -2.23. The van der Waals surface area contributed by atoms with Crippen LogP contribution >= 0.6 is 0 Å². The number of ether oxygens (including phenoxy) is 1. The summed E-state index contributed by atoms with van der Waals surface area (Å²) in [4.78, 5) is 0. The van der Waals surface area contributed by atoms with Crippen molar-refractivity contribution in [3.63, 3.8) is 0 Å². The molecule has 4 nitrogen and oxygen atoms in total. The van der Waals surface area contributed by atoms with Gasteiger partial charge >= 0.3 is 0 Å². The number of fused-ring (bicyclic) bond motifs is 2. The first-order valence-corrected chi connectivity index (χ1v) is 6.12. The maximum absolute atomic E-state index is 5.84. The van der Waals surface area contributed by atoms with E-state index in [-0.39, 0.29) is 0 Å². The Kier molecular flexibility index (Phi) is 2.48. The summed E-state index contributed by atoms with van der Waals surface area (Å²) >= 11 is 0. The number of hydrogen-bond donors (Lipinski definition) is 1. The van der Waals surface area contributed by atoms with Gasteiger partial charge in [-0.1, -0.05) is 0 Å². The van der Waals surface area contributed by atoms with Gasteiger partial charge in [0.15, 0.2) is 0 Å². The molecule has 0 aliphatic carbocycles. The van der Waals surface area contributed by atoms with Gasteiger partial charge in [-0.25, -0.2) is 0 Å². The summed E-state index contributed by atoms with van der Waals surface area (Å²) < 4.78 is 7.70. The fourth-order valence-corrected chi connectivity index (χ4v) is 2.89. The molecule has 2 aliphatic heterocycles. The standard InChI is InChI=1S/C12H19N3O/c1-8(9-6-13-15(2)7-9)14-11-5-10-3-4-12(11)16-10/h6-8,10-12,14H,3-5H2,1-2H3. The monoisotopic (exact) mass is 221 g/mol. The predicted octanol–water partition coefficient (Wildman–Crippen LogP) is 1.39. The van der Waals surface area contributed by atoms with E-state index in [9.17, 15) is 0 Å². The molecule has 4 unspecified atom stereocenters. The van der Waals surface area contributed by atoms with Crippen molar-refractivity contribution in [3.05, 3.63) is 18.0 Å². The first kappa shape index (κ1) is 10.3. The van der Waals surface area contributed by atoms with E-state index in [4.69, 9.17) is 4.74 Å². The van der Waals surface area contributed by atoms with Crippen molar-refractivity contribution in [2.45, 2.75) is 50.5 Å². The normalized spacial score (nSPS) is 34.5. The van der Waals surface area contributed by atoms with Crippen LogP contribution in [0.2, 0.25) is 0 Å². The fraction of sp³-hybridized carbons (Fsp3) is 0.750. The van der Waals surface area contributed by atoms with Gasteiger partial charge in [-0.15, -0.1) is 0 Å². The van der Waals surface area contributed by atoms with E-state index in [1.165, 1.54) is 24.8 Å². The number of aromatic nitrogens is 2. The SMILES string of the molecule is CC(NC1CC2CCC1O2)c1cnn(C)c1. The van der Waals surface area contributed by atoms with Crippen LogP contribution in [0.25, 0.3) is 0 Å². The van der Waals surface area contributed by atoms with E-state index in [1.807, 2.05) is 17.9 Å². The third-order valence-corrected chi connectivity index (χ3v) is 3.79. The predicted molar refractivity (Wildman–Crippen MR) is 61.1 cm³/mol. The largest absolute Gasteiger partial charge is 0.373 e. The molecule has 4 atom stereocenters. The van der Waals surface area contributed by atoms with Gasteiger partial charge in [-0.3, -0.25) is 4.68 Å². The van der Waals surface area contributed by atoms with Crippen molar-refractivity contribution in [3.8, 4) is 0 Å². The van der Waals surface area contributed by atoms with Gasteiger partial charge in [0.05, 0.1) is 18.4 Å².